The van der Waals surface area contributed by atoms with Crippen LogP contribution in [0.4, 0.5) is 0 Å². The zero-order valence-corrected chi connectivity index (χ0v) is 22.3. The van der Waals surface area contributed by atoms with E-state index in [0.29, 0.717) is 0 Å². The maximum absolute atomic E-state index is 2.33. The molecule has 0 spiro atoms. The Labute approximate surface area is 206 Å². The van der Waals surface area contributed by atoms with Crippen molar-refractivity contribution in [2.24, 2.45) is 0 Å². The van der Waals surface area contributed by atoms with Gasteiger partial charge >= 0.3 is 0 Å². The van der Waals surface area contributed by atoms with Crippen LogP contribution in [-0.4, -0.2) is 0 Å². The molecule has 0 aromatic carbocycles. The molecule has 2 aromatic heterocycles. The lowest BCUT2D eigenvalue weighted by molar-refractivity contribution is -0.697. The fourth-order valence-corrected chi connectivity index (χ4v) is 3.75. The third-order valence-corrected chi connectivity index (χ3v) is 5.82. The van der Waals surface area contributed by atoms with Crippen molar-refractivity contribution < 1.29 is 43.1 Å². The second-order valence-corrected chi connectivity index (χ2v) is 8.13. The van der Waals surface area contributed by atoms with Crippen LogP contribution in [0.15, 0.2) is 49.1 Å². The van der Waals surface area contributed by atoms with Crippen LogP contribution in [0.2, 0.25) is 0 Å². The zero-order valence-electron chi connectivity index (χ0n) is 19.2. The van der Waals surface area contributed by atoms with Gasteiger partial charge in [0.25, 0.3) is 0 Å². The van der Waals surface area contributed by atoms with Gasteiger partial charge in [0, 0.05) is 37.1 Å². The van der Waals surface area contributed by atoms with Crippen LogP contribution in [0.5, 0.6) is 0 Å². The first kappa shape index (κ1) is 29.3. The van der Waals surface area contributed by atoms with Gasteiger partial charge in [-0.05, 0) is 36.8 Å². The number of hydrogen-bond acceptors (Lipinski definition) is 0. The van der Waals surface area contributed by atoms with Gasteiger partial charge < -0.3 is 34.0 Å². The molecule has 0 fully saturated rings. The van der Waals surface area contributed by atoms with Crippen molar-refractivity contribution in [3.8, 4) is 0 Å². The summed E-state index contributed by atoms with van der Waals surface area (Å²) in [5.74, 6) is 0. The highest BCUT2D eigenvalue weighted by atomic mass is 79.9. The molecule has 0 atom stereocenters. The van der Waals surface area contributed by atoms with Crippen molar-refractivity contribution in [2.75, 3.05) is 0 Å². The quantitative estimate of drug-likeness (QED) is 0.221. The first-order valence-corrected chi connectivity index (χ1v) is 11.8. The van der Waals surface area contributed by atoms with Gasteiger partial charge in [-0.15, -0.1) is 0 Å². The fraction of sp³-hybridized carbons (Fsp3) is 0.615. The van der Waals surface area contributed by atoms with Gasteiger partial charge in [0.2, 0.25) is 0 Å². The average Bonchev–Trinajstić information content (AvgIpc) is 2.75. The molecule has 0 unspecified atom stereocenters. The van der Waals surface area contributed by atoms with E-state index in [1.807, 2.05) is 0 Å². The molecule has 0 aliphatic heterocycles. The fourth-order valence-electron chi connectivity index (χ4n) is 3.75. The van der Waals surface area contributed by atoms with Gasteiger partial charge in [-0.2, -0.15) is 0 Å². The van der Waals surface area contributed by atoms with E-state index in [0.717, 1.165) is 12.8 Å². The highest BCUT2D eigenvalue weighted by Crippen LogP contribution is 2.10. The molecule has 0 N–H and O–H groups in total. The number of halogens is 2. The first-order valence-electron chi connectivity index (χ1n) is 11.8. The van der Waals surface area contributed by atoms with Gasteiger partial charge in [-0.25, -0.2) is 9.13 Å². The molecule has 0 saturated carbocycles. The third-order valence-electron chi connectivity index (χ3n) is 5.82. The van der Waals surface area contributed by atoms with Crippen LogP contribution in [0.1, 0.15) is 89.2 Å². The molecule has 0 bridgehead atoms. The molecule has 0 amide bonds. The lowest BCUT2D eigenvalue weighted by Crippen LogP contribution is -3.00. The minimum absolute atomic E-state index is 0. The predicted octanol–water partition coefficient (Wildman–Crippen LogP) is -0.00440. The SMILES string of the molecule is CCc1cc[n+](CCCCCCCCCCCC[n+]2ccc(CC)cc2)cc1.[Br-].[Br-]. The van der Waals surface area contributed by atoms with E-state index in [1.165, 1.54) is 88.4 Å². The van der Waals surface area contributed by atoms with E-state index in [9.17, 15) is 0 Å². The summed E-state index contributed by atoms with van der Waals surface area (Å²) in [5.41, 5.74) is 2.86. The summed E-state index contributed by atoms with van der Waals surface area (Å²) in [7, 11) is 0. The Kier molecular flexibility index (Phi) is 18.5. The van der Waals surface area contributed by atoms with E-state index in [2.05, 4.69) is 72.0 Å². The standard InChI is InChI=1S/C26H42N2.2BrH/c1-3-25-15-21-27(22-16-25)19-13-11-9-7-5-6-8-10-12-14-20-28-23-17-26(4-2)18-24-28;;/h15-18,21-24H,3-14,19-20H2,1-2H3;2*1H/q+2;;/p-2. The summed E-state index contributed by atoms with van der Waals surface area (Å²) in [4.78, 5) is 0. The van der Waals surface area contributed by atoms with Gasteiger partial charge in [-0.3, -0.25) is 0 Å². The zero-order chi connectivity index (χ0) is 19.9. The molecule has 2 rings (SSSR count). The molecule has 30 heavy (non-hydrogen) atoms. The number of aryl methyl sites for hydroxylation is 4. The maximum Gasteiger partial charge on any atom is 0.169 e. The number of rotatable bonds is 15. The highest BCUT2D eigenvalue weighted by molar-refractivity contribution is 5.06. The molecular weight excluding hydrogens is 500 g/mol. The van der Waals surface area contributed by atoms with Crippen molar-refractivity contribution >= 4 is 0 Å². The van der Waals surface area contributed by atoms with Crippen molar-refractivity contribution in [3.63, 3.8) is 0 Å². The molecule has 4 heteroatoms. The second-order valence-electron chi connectivity index (χ2n) is 8.13. The Morgan fingerprint density at radius 1 is 0.467 bits per heavy atom. The summed E-state index contributed by atoms with van der Waals surface area (Å²) < 4.78 is 4.66. The lowest BCUT2D eigenvalue weighted by atomic mass is 10.1. The Bertz CT molecular complexity index is 569. The minimum Gasteiger partial charge on any atom is -1.00 e. The second kappa shape index (κ2) is 19.0. The van der Waals surface area contributed by atoms with E-state index in [1.54, 1.807) is 0 Å². The maximum atomic E-state index is 2.33. The topological polar surface area (TPSA) is 7.76 Å². The molecule has 0 radical (unpaired) electrons. The first-order chi connectivity index (χ1) is 13.8. The van der Waals surface area contributed by atoms with Crippen LogP contribution < -0.4 is 43.1 Å². The summed E-state index contributed by atoms with van der Waals surface area (Å²) in [6, 6.07) is 9.00. The number of unbranched alkanes of at least 4 members (excludes halogenated alkanes) is 9. The van der Waals surface area contributed by atoms with E-state index >= 15 is 0 Å². The molecule has 0 aliphatic carbocycles. The van der Waals surface area contributed by atoms with Crippen LogP contribution in [-0.2, 0) is 25.9 Å². The van der Waals surface area contributed by atoms with Crippen molar-refractivity contribution in [3.05, 3.63) is 60.2 Å². The average molecular weight is 542 g/mol. The number of hydrogen-bond donors (Lipinski definition) is 0. The number of nitrogens with zero attached hydrogens (tertiary/aromatic N) is 2. The van der Waals surface area contributed by atoms with Crippen molar-refractivity contribution in [2.45, 2.75) is 104 Å². The summed E-state index contributed by atoms with van der Waals surface area (Å²) >= 11 is 0. The van der Waals surface area contributed by atoms with Crippen LogP contribution in [0.3, 0.4) is 0 Å². The number of pyridine rings is 2. The van der Waals surface area contributed by atoms with E-state index in [-0.39, 0.29) is 34.0 Å². The van der Waals surface area contributed by atoms with Crippen LogP contribution in [0, 0.1) is 0 Å². The van der Waals surface area contributed by atoms with Gasteiger partial charge in [-0.1, -0.05) is 52.4 Å². The largest absolute Gasteiger partial charge is 1.00 e. The molecular formula is C26H42Br2N2. The summed E-state index contributed by atoms with van der Waals surface area (Å²) in [6.45, 7) is 6.77. The van der Waals surface area contributed by atoms with Gasteiger partial charge in [0.15, 0.2) is 24.8 Å². The Morgan fingerprint density at radius 3 is 1.00 bits per heavy atom. The van der Waals surface area contributed by atoms with E-state index < -0.39 is 0 Å². The molecule has 170 valence electrons. The molecule has 0 aliphatic rings. The van der Waals surface area contributed by atoms with E-state index in [4.69, 9.17) is 0 Å². The van der Waals surface area contributed by atoms with Crippen LogP contribution >= 0.6 is 0 Å². The highest BCUT2D eigenvalue weighted by Gasteiger charge is 2.01. The van der Waals surface area contributed by atoms with Gasteiger partial charge in [0.05, 0.1) is 0 Å². The Balaban J connectivity index is 0.00000420. The predicted molar refractivity (Wildman–Crippen MR) is 118 cm³/mol. The molecule has 0 saturated heterocycles. The molecule has 2 nitrogen and oxygen atoms in total. The van der Waals surface area contributed by atoms with Crippen molar-refractivity contribution in [1.29, 1.82) is 0 Å². The van der Waals surface area contributed by atoms with Crippen LogP contribution in [0.25, 0.3) is 0 Å². The monoisotopic (exact) mass is 540 g/mol. The Hall–Kier alpha value is -0.740. The smallest absolute Gasteiger partial charge is 0.169 e. The number of aromatic nitrogens is 2. The normalized spacial score (nSPS) is 10.3. The molecule has 2 heterocycles. The molecule has 2 aromatic rings. The van der Waals surface area contributed by atoms with Gasteiger partial charge in [0.1, 0.15) is 13.1 Å². The lowest BCUT2D eigenvalue weighted by Gasteiger charge is -2.02. The van der Waals surface area contributed by atoms with Crippen molar-refractivity contribution in [1.82, 2.24) is 0 Å². The summed E-state index contributed by atoms with van der Waals surface area (Å²) in [6.07, 6.45) is 25.0. The summed E-state index contributed by atoms with van der Waals surface area (Å²) in [5, 5.41) is 0. The Morgan fingerprint density at radius 2 is 0.733 bits per heavy atom. The minimum atomic E-state index is 0. The third kappa shape index (κ3) is 12.8.